The van der Waals surface area contributed by atoms with Crippen LogP contribution in [0.1, 0.15) is 48.7 Å². The van der Waals surface area contributed by atoms with Crippen LogP contribution in [-0.2, 0) is 27.2 Å². The molecule has 4 rings (SSSR count). The minimum Gasteiger partial charge on any atom is -0.444 e. The van der Waals surface area contributed by atoms with Gasteiger partial charge < -0.3 is 24.6 Å². The van der Waals surface area contributed by atoms with Gasteiger partial charge >= 0.3 is 6.09 Å². The Morgan fingerprint density at radius 3 is 2.64 bits per heavy atom. The summed E-state index contributed by atoms with van der Waals surface area (Å²) >= 11 is 0. The number of fused-ring (bicyclic) bond motifs is 1. The van der Waals surface area contributed by atoms with Gasteiger partial charge in [0.15, 0.2) is 6.10 Å². The maximum atomic E-state index is 15.1. The quantitative estimate of drug-likeness (QED) is 0.624. The molecule has 9 nitrogen and oxygen atoms in total. The molecule has 2 aliphatic rings. The van der Waals surface area contributed by atoms with Crippen LogP contribution in [0.2, 0.25) is 0 Å². The zero-order chi connectivity index (χ0) is 28.3. The number of nitrogens with one attached hydrogen (secondary N) is 1. The molecule has 2 aliphatic heterocycles. The van der Waals surface area contributed by atoms with Gasteiger partial charge in [0.1, 0.15) is 17.5 Å². The van der Waals surface area contributed by atoms with Gasteiger partial charge in [-0.25, -0.2) is 9.18 Å². The van der Waals surface area contributed by atoms with Crippen molar-refractivity contribution in [3.63, 3.8) is 0 Å². The zero-order valence-electron chi connectivity index (χ0n) is 22.6. The van der Waals surface area contributed by atoms with E-state index >= 15 is 4.39 Å². The van der Waals surface area contributed by atoms with E-state index in [-0.39, 0.29) is 31.0 Å². The second-order valence-corrected chi connectivity index (χ2v) is 10.9. The van der Waals surface area contributed by atoms with Crippen molar-refractivity contribution in [3.05, 3.63) is 58.9 Å². The molecule has 206 valence electrons. The average molecular weight is 537 g/mol. The smallest absolute Gasteiger partial charge is 0.410 e. The van der Waals surface area contributed by atoms with E-state index in [0.29, 0.717) is 36.2 Å². The first kappa shape index (κ1) is 28.0. The summed E-state index contributed by atoms with van der Waals surface area (Å²) in [4.78, 5) is 40.8. The maximum Gasteiger partial charge on any atom is 0.410 e. The largest absolute Gasteiger partial charge is 0.444 e. The van der Waals surface area contributed by atoms with E-state index in [0.717, 1.165) is 5.56 Å². The molecule has 2 aromatic rings. The van der Waals surface area contributed by atoms with Gasteiger partial charge in [0, 0.05) is 38.7 Å². The second-order valence-electron chi connectivity index (χ2n) is 10.9. The molecule has 0 aromatic heterocycles. The lowest BCUT2D eigenvalue weighted by molar-refractivity contribution is -0.133. The molecule has 10 heteroatoms. The fourth-order valence-corrected chi connectivity index (χ4v) is 4.61. The Kier molecular flexibility index (Phi) is 8.21. The summed E-state index contributed by atoms with van der Waals surface area (Å²) in [6.07, 6.45) is -1.03. The summed E-state index contributed by atoms with van der Waals surface area (Å²) in [5.41, 5.74) is 2.45. The number of carbonyl (C=O) groups is 3. The third kappa shape index (κ3) is 6.73. The monoisotopic (exact) mass is 536 g/mol. The molecule has 1 saturated heterocycles. The normalized spacial score (nSPS) is 18.2. The topological polar surface area (TPSA) is 112 Å². The first-order valence-corrected chi connectivity index (χ1v) is 12.9. The highest BCUT2D eigenvalue weighted by molar-refractivity contribution is 5.99. The van der Waals surface area contributed by atoms with Gasteiger partial charge in [0.05, 0.1) is 12.6 Å². The Morgan fingerprint density at radius 1 is 1.23 bits per heavy atom. The van der Waals surface area contributed by atoms with Crippen LogP contribution in [0.3, 0.4) is 0 Å². The van der Waals surface area contributed by atoms with Crippen LogP contribution in [0.4, 0.5) is 9.18 Å². The Morgan fingerprint density at radius 2 is 1.95 bits per heavy atom. The fraction of sp³-hybridized carbons (Fsp3) is 0.448. The van der Waals surface area contributed by atoms with E-state index in [2.05, 4.69) is 5.32 Å². The Balaban J connectivity index is 1.41. The molecule has 1 fully saturated rings. The Labute approximate surface area is 227 Å². The third-order valence-electron chi connectivity index (χ3n) is 6.60. The van der Waals surface area contributed by atoms with E-state index in [4.69, 9.17) is 9.47 Å². The second kappa shape index (κ2) is 11.4. The van der Waals surface area contributed by atoms with Crippen molar-refractivity contribution >= 4 is 17.9 Å². The standard InChI is InChI=1S/C29H33FN4O5/c1-29(2,3)39-28(37)34-10-5-11-38-25(17-34)26(35)32-22(15-31)12-20-8-6-19(14-24(20)30)18-7-9-21-16-33(4)27(36)23(21)13-18/h6-9,13-14,22,25H,5,10-12,16-17H2,1-4H3,(H,32,35)/t22-,25-/m0/s1. The molecule has 0 saturated carbocycles. The molecule has 0 spiro atoms. The zero-order valence-corrected chi connectivity index (χ0v) is 22.6. The fourth-order valence-electron chi connectivity index (χ4n) is 4.61. The summed E-state index contributed by atoms with van der Waals surface area (Å²) in [6, 6.07) is 11.2. The summed E-state index contributed by atoms with van der Waals surface area (Å²) in [5, 5.41) is 12.3. The maximum absolute atomic E-state index is 15.1. The van der Waals surface area contributed by atoms with Gasteiger partial charge in [-0.1, -0.05) is 24.3 Å². The Hall–Kier alpha value is -3.97. The van der Waals surface area contributed by atoms with Crippen molar-refractivity contribution in [3.8, 4) is 17.2 Å². The van der Waals surface area contributed by atoms with Gasteiger partial charge in [-0.2, -0.15) is 5.26 Å². The van der Waals surface area contributed by atoms with Crippen LogP contribution in [0, 0.1) is 17.1 Å². The number of nitriles is 1. The van der Waals surface area contributed by atoms with Crippen LogP contribution >= 0.6 is 0 Å². The predicted molar refractivity (Wildman–Crippen MR) is 141 cm³/mol. The van der Waals surface area contributed by atoms with Crippen molar-refractivity contribution in [1.29, 1.82) is 5.26 Å². The molecule has 2 aromatic carbocycles. The highest BCUT2D eigenvalue weighted by Gasteiger charge is 2.31. The lowest BCUT2D eigenvalue weighted by Gasteiger charge is -2.27. The summed E-state index contributed by atoms with van der Waals surface area (Å²) < 4.78 is 26.1. The van der Waals surface area contributed by atoms with E-state index in [1.54, 1.807) is 50.9 Å². The van der Waals surface area contributed by atoms with Crippen molar-refractivity contribution < 1.29 is 28.2 Å². The molecule has 0 unspecified atom stereocenters. The highest BCUT2D eigenvalue weighted by atomic mass is 19.1. The van der Waals surface area contributed by atoms with Crippen molar-refractivity contribution in [2.75, 3.05) is 26.7 Å². The summed E-state index contributed by atoms with van der Waals surface area (Å²) in [5.74, 6) is -1.14. The minimum atomic E-state index is -1.01. The van der Waals surface area contributed by atoms with Gasteiger partial charge in [0.2, 0.25) is 0 Å². The number of nitrogens with zero attached hydrogens (tertiary/aromatic N) is 3. The molecule has 3 amide bonds. The molecular weight excluding hydrogens is 503 g/mol. The molecule has 1 N–H and O–H groups in total. The van der Waals surface area contributed by atoms with Crippen molar-refractivity contribution in [1.82, 2.24) is 15.1 Å². The lowest BCUT2D eigenvalue weighted by Crippen LogP contribution is -2.48. The van der Waals surface area contributed by atoms with Gasteiger partial charge in [-0.05, 0) is 61.6 Å². The first-order chi connectivity index (χ1) is 18.4. The van der Waals surface area contributed by atoms with Crippen LogP contribution < -0.4 is 5.32 Å². The average Bonchev–Trinajstić information content (AvgIpc) is 3.03. The summed E-state index contributed by atoms with van der Waals surface area (Å²) in [6.45, 7) is 6.48. The molecule has 0 radical (unpaired) electrons. The predicted octanol–water partition coefficient (Wildman–Crippen LogP) is 3.66. The van der Waals surface area contributed by atoms with Crippen molar-refractivity contribution in [2.24, 2.45) is 0 Å². The molecule has 39 heavy (non-hydrogen) atoms. The molecule has 0 aliphatic carbocycles. The number of hydrogen-bond donors (Lipinski definition) is 1. The number of halogens is 1. The minimum absolute atomic E-state index is 0.0129. The van der Waals surface area contributed by atoms with E-state index < -0.39 is 35.6 Å². The van der Waals surface area contributed by atoms with E-state index in [1.807, 2.05) is 18.2 Å². The number of carbonyl (C=O) groups excluding carboxylic acids is 3. The highest BCUT2D eigenvalue weighted by Crippen LogP contribution is 2.29. The SMILES string of the molecule is CN1Cc2ccc(-c3ccc(C[C@@H](C#N)NC(=O)[C@@H]4CN(C(=O)OC(C)(C)C)CCCO4)c(F)c3)cc2C1=O. The first-order valence-electron chi connectivity index (χ1n) is 12.9. The Bertz CT molecular complexity index is 1320. The lowest BCUT2D eigenvalue weighted by atomic mass is 9.97. The van der Waals surface area contributed by atoms with Gasteiger partial charge in [-0.15, -0.1) is 0 Å². The van der Waals surface area contributed by atoms with Gasteiger partial charge in [-0.3, -0.25) is 9.59 Å². The number of benzene rings is 2. The number of ether oxygens (including phenoxy) is 2. The third-order valence-corrected chi connectivity index (χ3v) is 6.60. The van der Waals surface area contributed by atoms with Gasteiger partial charge in [0.25, 0.3) is 11.8 Å². The van der Waals surface area contributed by atoms with Crippen LogP contribution in [-0.4, -0.2) is 72.2 Å². The number of rotatable bonds is 5. The molecule has 2 heterocycles. The number of amides is 3. The van der Waals surface area contributed by atoms with Crippen LogP contribution in [0.5, 0.6) is 0 Å². The van der Waals surface area contributed by atoms with Crippen LogP contribution in [0.25, 0.3) is 11.1 Å². The summed E-state index contributed by atoms with van der Waals surface area (Å²) in [7, 11) is 1.74. The van der Waals surface area contributed by atoms with E-state index in [1.165, 1.54) is 11.0 Å². The van der Waals surface area contributed by atoms with Crippen LogP contribution in [0.15, 0.2) is 36.4 Å². The molecule has 0 bridgehead atoms. The van der Waals surface area contributed by atoms with E-state index in [9.17, 15) is 19.6 Å². The molecule has 2 atom stereocenters. The van der Waals surface area contributed by atoms with Crippen molar-refractivity contribution in [2.45, 2.75) is 57.9 Å². The number of hydrogen-bond acceptors (Lipinski definition) is 6. The molecular formula is C29H33FN4O5.